The van der Waals surface area contributed by atoms with Gasteiger partial charge in [0.15, 0.2) is 5.58 Å². The summed E-state index contributed by atoms with van der Waals surface area (Å²) in [5.41, 5.74) is 9.59. The van der Waals surface area contributed by atoms with Gasteiger partial charge in [0.1, 0.15) is 5.52 Å². The van der Waals surface area contributed by atoms with Crippen molar-refractivity contribution in [1.82, 2.24) is 4.98 Å². The second-order valence-corrected chi connectivity index (χ2v) is 4.40. The maximum Gasteiger partial charge on any atom is 0.227 e. The van der Waals surface area contributed by atoms with E-state index >= 15 is 0 Å². The standard InChI is InChI=1S/C15H14N2O/c1-10(16)11-6-8-12(9-7-11)15-17-13-4-2-3-5-14(13)18-15/h2-10H,16H2,1H3/t10-/m0/s1. The van der Waals surface area contributed by atoms with Crippen LogP contribution in [0.4, 0.5) is 0 Å². The Bertz CT molecular complexity index is 635. The van der Waals surface area contributed by atoms with Crippen molar-refractivity contribution in [3.63, 3.8) is 0 Å². The van der Waals surface area contributed by atoms with Gasteiger partial charge in [0, 0.05) is 11.6 Å². The summed E-state index contributed by atoms with van der Waals surface area (Å²) in [6, 6.07) is 15.8. The Kier molecular flexibility index (Phi) is 2.61. The lowest BCUT2D eigenvalue weighted by Gasteiger charge is -2.04. The molecule has 0 radical (unpaired) electrons. The molecular weight excluding hydrogens is 224 g/mol. The predicted molar refractivity (Wildman–Crippen MR) is 72.0 cm³/mol. The van der Waals surface area contributed by atoms with Crippen molar-refractivity contribution < 1.29 is 4.42 Å². The first-order valence-electron chi connectivity index (χ1n) is 5.95. The van der Waals surface area contributed by atoms with Crippen LogP contribution < -0.4 is 5.73 Å². The molecule has 3 rings (SSSR count). The molecule has 1 aromatic heterocycles. The molecule has 0 amide bonds. The molecule has 0 aliphatic rings. The minimum Gasteiger partial charge on any atom is -0.436 e. The van der Waals surface area contributed by atoms with Crippen LogP contribution in [0.2, 0.25) is 0 Å². The highest BCUT2D eigenvalue weighted by molar-refractivity contribution is 5.75. The zero-order valence-corrected chi connectivity index (χ0v) is 10.1. The Morgan fingerprint density at radius 1 is 1.06 bits per heavy atom. The summed E-state index contributed by atoms with van der Waals surface area (Å²) < 4.78 is 5.71. The van der Waals surface area contributed by atoms with Crippen LogP contribution in [0.5, 0.6) is 0 Å². The van der Waals surface area contributed by atoms with Crippen molar-refractivity contribution in [1.29, 1.82) is 0 Å². The van der Waals surface area contributed by atoms with E-state index < -0.39 is 0 Å². The largest absolute Gasteiger partial charge is 0.436 e. The lowest BCUT2D eigenvalue weighted by Crippen LogP contribution is -2.04. The summed E-state index contributed by atoms with van der Waals surface area (Å²) in [4.78, 5) is 4.46. The highest BCUT2D eigenvalue weighted by atomic mass is 16.3. The number of hydrogen-bond acceptors (Lipinski definition) is 3. The van der Waals surface area contributed by atoms with Crippen LogP contribution in [-0.4, -0.2) is 4.98 Å². The number of hydrogen-bond donors (Lipinski definition) is 1. The smallest absolute Gasteiger partial charge is 0.227 e. The average Bonchev–Trinajstić information content (AvgIpc) is 2.82. The lowest BCUT2D eigenvalue weighted by atomic mass is 10.1. The molecule has 1 heterocycles. The van der Waals surface area contributed by atoms with E-state index in [0.717, 1.165) is 22.2 Å². The summed E-state index contributed by atoms with van der Waals surface area (Å²) in [7, 11) is 0. The summed E-state index contributed by atoms with van der Waals surface area (Å²) in [5, 5.41) is 0. The topological polar surface area (TPSA) is 52.0 Å². The summed E-state index contributed by atoms with van der Waals surface area (Å²) in [6.07, 6.45) is 0. The number of aromatic nitrogens is 1. The fourth-order valence-corrected chi connectivity index (χ4v) is 1.92. The molecule has 2 aromatic carbocycles. The summed E-state index contributed by atoms with van der Waals surface area (Å²) in [6.45, 7) is 1.97. The first kappa shape index (κ1) is 11.0. The van der Waals surface area contributed by atoms with Crippen molar-refractivity contribution in [3.05, 3.63) is 54.1 Å². The molecule has 90 valence electrons. The monoisotopic (exact) mass is 238 g/mol. The van der Waals surface area contributed by atoms with Crippen molar-refractivity contribution in [2.24, 2.45) is 5.73 Å². The summed E-state index contributed by atoms with van der Waals surface area (Å²) >= 11 is 0. The second-order valence-electron chi connectivity index (χ2n) is 4.40. The number of rotatable bonds is 2. The van der Waals surface area contributed by atoms with Gasteiger partial charge in [-0.15, -0.1) is 0 Å². The average molecular weight is 238 g/mol. The molecule has 3 aromatic rings. The molecule has 3 nitrogen and oxygen atoms in total. The van der Waals surface area contributed by atoms with E-state index in [-0.39, 0.29) is 6.04 Å². The molecule has 3 heteroatoms. The SMILES string of the molecule is C[C@H](N)c1ccc(-c2nc3ccccc3o2)cc1. The molecule has 0 aliphatic heterocycles. The van der Waals surface area contributed by atoms with Gasteiger partial charge in [0.05, 0.1) is 0 Å². The third-order valence-corrected chi connectivity index (χ3v) is 2.98. The van der Waals surface area contributed by atoms with Crippen LogP contribution in [0.15, 0.2) is 52.9 Å². The van der Waals surface area contributed by atoms with E-state index in [0.29, 0.717) is 5.89 Å². The van der Waals surface area contributed by atoms with Gasteiger partial charge in [-0.3, -0.25) is 0 Å². The Hall–Kier alpha value is -2.13. The van der Waals surface area contributed by atoms with Gasteiger partial charge in [0.25, 0.3) is 0 Å². The van der Waals surface area contributed by atoms with Gasteiger partial charge in [-0.25, -0.2) is 4.98 Å². The van der Waals surface area contributed by atoms with Crippen molar-refractivity contribution in [3.8, 4) is 11.5 Å². The van der Waals surface area contributed by atoms with Crippen molar-refractivity contribution in [2.75, 3.05) is 0 Å². The van der Waals surface area contributed by atoms with Crippen LogP contribution in [0, 0.1) is 0 Å². The molecule has 0 saturated carbocycles. The molecule has 0 spiro atoms. The Labute approximate surface area is 105 Å². The fourth-order valence-electron chi connectivity index (χ4n) is 1.92. The van der Waals surface area contributed by atoms with E-state index in [2.05, 4.69) is 4.98 Å². The zero-order valence-electron chi connectivity index (χ0n) is 10.1. The van der Waals surface area contributed by atoms with Crippen LogP contribution in [-0.2, 0) is 0 Å². The normalized spacial score (nSPS) is 12.8. The molecule has 18 heavy (non-hydrogen) atoms. The first-order chi connectivity index (χ1) is 8.74. The van der Waals surface area contributed by atoms with Crippen LogP contribution in [0.25, 0.3) is 22.6 Å². The molecule has 0 bridgehead atoms. The van der Waals surface area contributed by atoms with Crippen LogP contribution >= 0.6 is 0 Å². The predicted octanol–water partition coefficient (Wildman–Crippen LogP) is 3.51. The molecule has 2 N–H and O–H groups in total. The molecule has 0 saturated heterocycles. The number of benzene rings is 2. The number of oxazole rings is 1. The quantitative estimate of drug-likeness (QED) is 0.743. The number of nitrogens with two attached hydrogens (primary N) is 1. The second kappa shape index (κ2) is 4.27. The zero-order chi connectivity index (χ0) is 12.5. The van der Waals surface area contributed by atoms with E-state index in [4.69, 9.17) is 10.2 Å². The molecule has 0 aliphatic carbocycles. The van der Waals surface area contributed by atoms with Gasteiger partial charge in [-0.1, -0.05) is 24.3 Å². The maximum absolute atomic E-state index is 5.82. The maximum atomic E-state index is 5.82. The summed E-state index contributed by atoms with van der Waals surface area (Å²) in [5.74, 6) is 0.646. The Morgan fingerprint density at radius 3 is 2.44 bits per heavy atom. The highest BCUT2D eigenvalue weighted by Gasteiger charge is 2.08. The van der Waals surface area contributed by atoms with Gasteiger partial charge >= 0.3 is 0 Å². The third-order valence-electron chi connectivity index (χ3n) is 2.98. The third kappa shape index (κ3) is 1.89. The number of nitrogens with zero attached hydrogens (tertiary/aromatic N) is 1. The van der Waals surface area contributed by atoms with E-state index in [9.17, 15) is 0 Å². The van der Waals surface area contributed by atoms with Crippen molar-refractivity contribution >= 4 is 11.1 Å². The van der Waals surface area contributed by atoms with E-state index in [1.807, 2.05) is 55.5 Å². The van der Waals surface area contributed by atoms with E-state index in [1.54, 1.807) is 0 Å². The molecular formula is C15H14N2O. The lowest BCUT2D eigenvalue weighted by molar-refractivity contribution is 0.620. The number of fused-ring (bicyclic) bond motifs is 1. The van der Waals surface area contributed by atoms with Gasteiger partial charge < -0.3 is 10.2 Å². The van der Waals surface area contributed by atoms with Gasteiger partial charge in [0.2, 0.25) is 5.89 Å². The highest BCUT2D eigenvalue weighted by Crippen LogP contribution is 2.24. The number of para-hydroxylation sites is 2. The Morgan fingerprint density at radius 2 is 1.78 bits per heavy atom. The van der Waals surface area contributed by atoms with Gasteiger partial charge in [-0.05, 0) is 36.8 Å². The minimum atomic E-state index is 0.0442. The molecule has 1 atom stereocenters. The fraction of sp³-hybridized carbons (Fsp3) is 0.133. The van der Waals surface area contributed by atoms with E-state index in [1.165, 1.54) is 0 Å². The Balaban J connectivity index is 2.03. The molecule has 0 fully saturated rings. The van der Waals surface area contributed by atoms with Gasteiger partial charge in [-0.2, -0.15) is 0 Å². The van der Waals surface area contributed by atoms with Crippen LogP contribution in [0.1, 0.15) is 18.5 Å². The van der Waals surface area contributed by atoms with Crippen molar-refractivity contribution in [2.45, 2.75) is 13.0 Å². The first-order valence-corrected chi connectivity index (χ1v) is 5.95. The van der Waals surface area contributed by atoms with Crippen LogP contribution in [0.3, 0.4) is 0 Å². The minimum absolute atomic E-state index is 0.0442. The molecule has 0 unspecified atom stereocenters.